The van der Waals surface area contributed by atoms with Gasteiger partial charge < -0.3 is 10.1 Å². The fraction of sp³-hybridized carbons (Fsp3) is 0.409. The standard InChI is InChI=1S/C22H26Cl2N2O4S/c1-16-5-2-3-7-21(16)30-12-10-25-22(27)17-6-4-11-26(14-17)31(28,29)15-18-8-9-19(23)13-20(18)24/h2-3,5,7-9,13,17H,4,6,10-12,14-15H2,1H3,(H,25,27). The Morgan fingerprint density at radius 1 is 1.23 bits per heavy atom. The maximum Gasteiger partial charge on any atom is 0.224 e. The predicted octanol–water partition coefficient (Wildman–Crippen LogP) is 4.04. The number of rotatable bonds is 8. The summed E-state index contributed by atoms with van der Waals surface area (Å²) in [5.41, 5.74) is 1.52. The number of sulfonamides is 1. The lowest BCUT2D eigenvalue weighted by Crippen LogP contribution is -2.46. The Bertz CT molecular complexity index is 1030. The maximum absolute atomic E-state index is 12.9. The predicted molar refractivity (Wildman–Crippen MR) is 123 cm³/mol. The fourth-order valence-electron chi connectivity index (χ4n) is 3.53. The Morgan fingerprint density at radius 2 is 2.00 bits per heavy atom. The average molecular weight is 485 g/mol. The highest BCUT2D eigenvalue weighted by Gasteiger charge is 2.32. The number of hydrogen-bond acceptors (Lipinski definition) is 4. The van der Waals surface area contributed by atoms with Gasteiger partial charge in [0.25, 0.3) is 0 Å². The van der Waals surface area contributed by atoms with E-state index < -0.39 is 10.0 Å². The molecule has 2 aromatic rings. The lowest BCUT2D eigenvalue weighted by molar-refractivity contribution is -0.126. The van der Waals surface area contributed by atoms with Gasteiger partial charge in [-0.2, -0.15) is 0 Å². The van der Waals surface area contributed by atoms with E-state index >= 15 is 0 Å². The minimum Gasteiger partial charge on any atom is -0.491 e. The molecular weight excluding hydrogens is 459 g/mol. The maximum atomic E-state index is 12.9. The topological polar surface area (TPSA) is 75.7 Å². The van der Waals surface area contributed by atoms with Crippen molar-refractivity contribution in [3.63, 3.8) is 0 Å². The third-order valence-corrected chi connectivity index (χ3v) is 7.63. The molecule has 1 atom stereocenters. The summed E-state index contributed by atoms with van der Waals surface area (Å²) in [7, 11) is -3.60. The van der Waals surface area contributed by atoms with Crippen LogP contribution in [0.25, 0.3) is 0 Å². The number of halogens is 2. The largest absolute Gasteiger partial charge is 0.491 e. The van der Waals surface area contributed by atoms with Gasteiger partial charge >= 0.3 is 0 Å². The zero-order valence-corrected chi connectivity index (χ0v) is 19.6. The Balaban J connectivity index is 1.51. The van der Waals surface area contributed by atoms with Crippen LogP contribution < -0.4 is 10.1 Å². The third kappa shape index (κ3) is 6.59. The zero-order valence-electron chi connectivity index (χ0n) is 17.3. The van der Waals surface area contributed by atoms with Gasteiger partial charge in [-0.3, -0.25) is 4.79 Å². The van der Waals surface area contributed by atoms with E-state index in [0.29, 0.717) is 48.1 Å². The minimum absolute atomic E-state index is 0.155. The van der Waals surface area contributed by atoms with Crippen LogP contribution in [-0.2, 0) is 20.6 Å². The molecule has 1 unspecified atom stereocenters. The van der Waals surface area contributed by atoms with E-state index in [1.54, 1.807) is 12.1 Å². The second-order valence-corrected chi connectivity index (χ2v) is 10.4. The third-order valence-electron chi connectivity index (χ3n) is 5.25. The van der Waals surface area contributed by atoms with Gasteiger partial charge in [-0.15, -0.1) is 0 Å². The van der Waals surface area contributed by atoms with E-state index in [2.05, 4.69) is 5.32 Å². The summed E-state index contributed by atoms with van der Waals surface area (Å²) in [5.74, 6) is 0.0229. The summed E-state index contributed by atoms with van der Waals surface area (Å²) in [6.07, 6.45) is 1.28. The van der Waals surface area contributed by atoms with E-state index in [1.807, 2.05) is 31.2 Å². The van der Waals surface area contributed by atoms with Crippen molar-refractivity contribution in [3.05, 3.63) is 63.6 Å². The summed E-state index contributed by atoms with van der Waals surface area (Å²) < 4.78 is 32.9. The van der Waals surface area contributed by atoms with Crippen molar-refractivity contribution in [2.24, 2.45) is 5.92 Å². The number of para-hydroxylation sites is 1. The first kappa shape index (κ1) is 23.9. The molecule has 1 N–H and O–H groups in total. The smallest absolute Gasteiger partial charge is 0.224 e. The SMILES string of the molecule is Cc1ccccc1OCCNC(=O)C1CCCN(S(=O)(=O)Cc2ccc(Cl)cc2Cl)C1. The van der Waals surface area contributed by atoms with Crippen molar-refractivity contribution < 1.29 is 17.9 Å². The molecule has 168 valence electrons. The molecule has 0 aliphatic carbocycles. The van der Waals surface area contributed by atoms with Gasteiger partial charge in [-0.25, -0.2) is 12.7 Å². The normalized spacial score (nSPS) is 17.3. The van der Waals surface area contributed by atoms with Crippen molar-refractivity contribution in [1.29, 1.82) is 0 Å². The van der Waals surface area contributed by atoms with Crippen LogP contribution in [-0.4, -0.2) is 44.9 Å². The van der Waals surface area contributed by atoms with E-state index in [9.17, 15) is 13.2 Å². The number of amides is 1. The molecule has 31 heavy (non-hydrogen) atoms. The van der Waals surface area contributed by atoms with Crippen molar-refractivity contribution in [2.75, 3.05) is 26.2 Å². The number of carbonyl (C=O) groups excluding carboxylic acids is 1. The van der Waals surface area contributed by atoms with Gasteiger partial charge in [0.05, 0.1) is 18.2 Å². The van der Waals surface area contributed by atoms with Crippen molar-refractivity contribution in [1.82, 2.24) is 9.62 Å². The van der Waals surface area contributed by atoms with Crippen molar-refractivity contribution in [3.8, 4) is 5.75 Å². The molecule has 1 saturated heterocycles. The van der Waals surface area contributed by atoms with Crippen LogP contribution in [0.1, 0.15) is 24.0 Å². The van der Waals surface area contributed by atoms with Gasteiger partial charge in [0.15, 0.2) is 0 Å². The molecule has 1 heterocycles. The summed E-state index contributed by atoms with van der Waals surface area (Å²) in [6.45, 7) is 3.23. The second kappa shape index (κ2) is 10.7. The van der Waals surface area contributed by atoms with Crippen LogP contribution >= 0.6 is 23.2 Å². The van der Waals surface area contributed by atoms with E-state index in [-0.39, 0.29) is 24.1 Å². The summed E-state index contributed by atoms with van der Waals surface area (Å²) in [6, 6.07) is 12.4. The number of aryl methyl sites for hydroxylation is 1. The molecule has 1 amide bonds. The molecule has 0 spiro atoms. The van der Waals surface area contributed by atoms with Crippen molar-refractivity contribution >= 4 is 39.1 Å². The Labute approximate surface area is 193 Å². The summed E-state index contributed by atoms with van der Waals surface area (Å²) >= 11 is 12.0. The molecule has 0 saturated carbocycles. The highest BCUT2D eigenvalue weighted by atomic mass is 35.5. The molecule has 1 aliphatic rings. The molecule has 3 rings (SSSR count). The lowest BCUT2D eigenvalue weighted by Gasteiger charge is -2.31. The molecular formula is C22H26Cl2N2O4S. The minimum atomic E-state index is -3.60. The number of ether oxygens (including phenoxy) is 1. The van der Waals surface area contributed by atoms with Gasteiger partial charge in [-0.05, 0) is 49.1 Å². The van der Waals surface area contributed by atoms with Crippen LogP contribution in [0.5, 0.6) is 5.75 Å². The first-order chi connectivity index (χ1) is 14.8. The van der Waals surface area contributed by atoms with E-state index in [4.69, 9.17) is 27.9 Å². The highest BCUT2D eigenvalue weighted by Crippen LogP contribution is 2.26. The highest BCUT2D eigenvalue weighted by molar-refractivity contribution is 7.88. The number of carbonyl (C=O) groups is 1. The molecule has 2 aromatic carbocycles. The second-order valence-electron chi connectivity index (χ2n) is 7.59. The Morgan fingerprint density at radius 3 is 2.74 bits per heavy atom. The van der Waals surface area contributed by atoms with Crippen LogP contribution in [0.15, 0.2) is 42.5 Å². The number of benzene rings is 2. The van der Waals surface area contributed by atoms with E-state index in [1.165, 1.54) is 10.4 Å². The number of piperidine rings is 1. The fourth-order valence-corrected chi connectivity index (χ4v) is 5.73. The first-order valence-electron chi connectivity index (χ1n) is 10.1. The molecule has 1 aliphatic heterocycles. The molecule has 0 aromatic heterocycles. The van der Waals surface area contributed by atoms with Gasteiger partial charge in [0.1, 0.15) is 12.4 Å². The summed E-state index contributed by atoms with van der Waals surface area (Å²) in [5, 5.41) is 3.62. The van der Waals surface area contributed by atoms with E-state index in [0.717, 1.165) is 11.3 Å². The van der Waals surface area contributed by atoms with Crippen LogP contribution in [0.3, 0.4) is 0 Å². The summed E-state index contributed by atoms with van der Waals surface area (Å²) in [4.78, 5) is 12.6. The zero-order chi connectivity index (χ0) is 22.4. The van der Waals surface area contributed by atoms with Crippen LogP contribution in [0, 0.1) is 12.8 Å². The average Bonchev–Trinajstić information content (AvgIpc) is 2.74. The monoisotopic (exact) mass is 484 g/mol. The number of nitrogens with zero attached hydrogens (tertiary/aromatic N) is 1. The van der Waals surface area contributed by atoms with Gasteiger partial charge in [0, 0.05) is 23.1 Å². The molecule has 1 fully saturated rings. The van der Waals surface area contributed by atoms with Crippen molar-refractivity contribution in [2.45, 2.75) is 25.5 Å². The van der Waals surface area contributed by atoms with Gasteiger partial charge in [0.2, 0.25) is 15.9 Å². The molecule has 0 bridgehead atoms. The first-order valence-corrected chi connectivity index (χ1v) is 12.5. The Hall–Kier alpha value is -1.80. The quantitative estimate of drug-likeness (QED) is 0.573. The molecule has 9 heteroatoms. The van der Waals surface area contributed by atoms with Gasteiger partial charge in [-0.1, -0.05) is 47.5 Å². The number of nitrogens with one attached hydrogen (secondary N) is 1. The molecule has 6 nitrogen and oxygen atoms in total. The Kier molecular flexibility index (Phi) is 8.22. The molecule has 0 radical (unpaired) electrons. The van der Waals surface area contributed by atoms with Crippen LogP contribution in [0.2, 0.25) is 10.0 Å². The number of hydrogen-bond donors (Lipinski definition) is 1. The van der Waals surface area contributed by atoms with Crippen LogP contribution in [0.4, 0.5) is 0 Å². The lowest BCUT2D eigenvalue weighted by atomic mass is 9.99.